The summed E-state index contributed by atoms with van der Waals surface area (Å²) in [6, 6.07) is 8.59. The largest absolute Gasteiger partial charge is 0.477 e. The van der Waals surface area contributed by atoms with Crippen molar-refractivity contribution in [2.75, 3.05) is 0 Å². The number of fused-ring (bicyclic) bond motifs is 1. The second-order valence-corrected chi connectivity index (χ2v) is 6.00. The summed E-state index contributed by atoms with van der Waals surface area (Å²) in [5, 5.41) is 13.1. The average molecular weight is 327 g/mol. The molecule has 2 aromatic heterocycles. The zero-order valence-electron chi connectivity index (χ0n) is 12.2. The molecule has 0 radical (unpaired) electrons. The highest BCUT2D eigenvalue weighted by Gasteiger charge is 2.18. The number of aromatic carboxylic acids is 1. The molecule has 2 N–H and O–H groups in total. The monoisotopic (exact) mass is 327 g/mol. The molecule has 23 heavy (non-hydrogen) atoms. The van der Waals surface area contributed by atoms with Crippen LogP contribution in [-0.2, 0) is 0 Å². The Morgan fingerprint density at radius 2 is 2.04 bits per heavy atom. The van der Waals surface area contributed by atoms with Crippen LogP contribution in [0.2, 0.25) is 0 Å². The molecule has 116 valence electrons. The lowest BCUT2D eigenvalue weighted by atomic mass is 10.1. The number of aromatic nitrogens is 2. The maximum absolute atomic E-state index is 12.5. The second-order valence-electron chi connectivity index (χ2n) is 4.94. The van der Waals surface area contributed by atoms with E-state index in [0.29, 0.717) is 10.6 Å². The van der Waals surface area contributed by atoms with Crippen molar-refractivity contribution in [1.29, 1.82) is 0 Å². The predicted molar refractivity (Wildman–Crippen MR) is 86.7 cm³/mol. The van der Waals surface area contributed by atoms with E-state index in [1.165, 1.54) is 6.20 Å². The van der Waals surface area contributed by atoms with Crippen molar-refractivity contribution in [3.63, 3.8) is 0 Å². The van der Waals surface area contributed by atoms with E-state index >= 15 is 0 Å². The number of rotatable bonds is 4. The quantitative estimate of drug-likeness (QED) is 0.768. The highest BCUT2D eigenvalue weighted by Crippen LogP contribution is 2.22. The highest BCUT2D eigenvalue weighted by molar-refractivity contribution is 7.13. The molecule has 2 heterocycles. The average Bonchev–Trinajstić information content (AvgIpc) is 3.04. The normalized spacial score (nSPS) is 12.0. The van der Waals surface area contributed by atoms with Crippen molar-refractivity contribution in [3.8, 4) is 0 Å². The molecule has 7 heteroatoms. The van der Waals surface area contributed by atoms with Crippen LogP contribution in [0, 0.1) is 0 Å². The fraction of sp³-hybridized carbons (Fsp3) is 0.125. The third-order valence-corrected chi connectivity index (χ3v) is 4.51. The molecule has 0 aliphatic carbocycles. The van der Waals surface area contributed by atoms with Crippen LogP contribution < -0.4 is 5.32 Å². The number of benzene rings is 1. The van der Waals surface area contributed by atoms with Crippen LogP contribution in [0.25, 0.3) is 10.9 Å². The van der Waals surface area contributed by atoms with Gasteiger partial charge in [-0.05, 0) is 25.1 Å². The summed E-state index contributed by atoms with van der Waals surface area (Å²) >= 11 is 1.05. The lowest BCUT2D eigenvalue weighted by Gasteiger charge is -2.12. The van der Waals surface area contributed by atoms with Gasteiger partial charge in [0.15, 0.2) is 0 Å². The van der Waals surface area contributed by atoms with Crippen molar-refractivity contribution in [3.05, 3.63) is 58.2 Å². The van der Waals surface area contributed by atoms with E-state index in [1.54, 1.807) is 31.3 Å². The van der Waals surface area contributed by atoms with Gasteiger partial charge < -0.3 is 10.4 Å². The van der Waals surface area contributed by atoms with Crippen LogP contribution in [0.3, 0.4) is 0 Å². The number of amides is 1. The van der Waals surface area contributed by atoms with Crippen LogP contribution in [0.4, 0.5) is 0 Å². The van der Waals surface area contributed by atoms with Crippen LogP contribution >= 0.6 is 11.3 Å². The Kier molecular flexibility index (Phi) is 4.03. The number of nitrogens with one attached hydrogen (secondary N) is 1. The van der Waals surface area contributed by atoms with Gasteiger partial charge in [-0.15, -0.1) is 11.3 Å². The first-order valence-corrected chi connectivity index (χ1v) is 7.71. The Morgan fingerprint density at radius 3 is 2.78 bits per heavy atom. The van der Waals surface area contributed by atoms with Crippen LogP contribution in [0.5, 0.6) is 0 Å². The first-order valence-electron chi connectivity index (χ1n) is 6.90. The lowest BCUT2D eigenvalue weighted by molar-refractivity contribution is 0.0701. The van der Waals surface area contributed by atoms with Crippen molar-refractivity contribution in [2.45, 2.75) is 13.0 Å². The standard InChI is InChI=1S/C16H13N3O3S/c1-9(15-18-8-13(23-15)16(21)22)19-14(20)11-4-2-6-12-10(11)5-3-7-17-12/h2-9H,1H3,(H,19,20)(H,21,22). The number of hydrogen-bond acceptors (Lipinski definition) is 5. The van der Waals surface area contributed by atoms with E-state index in [2.05, 4.69) is 15.3 Å². The number of thiazole rings is 1. The van der Waals surface area contributed by atoms with E-state index in [1.807, 2.05) is 12.1 Å². The smallest absolute Gasteiger partial charge is 0.347 e. The molecule has 1 amide bonds. The summed E-state index contributed by atoms with van der Waals surface area (Å²) in [4.78, 5) is 31.8. The second kappa shape index (κ2) is 6.13. The SMILES string of the molecule is CC(NC(=O)c1cccc2ncccc12)c1ncc(C(=O)O)s1. The van der Waals surface area contributed by atoms with E-state index in [4.69, 9.17) is 5.11 Å². The van der Waals surface area contributed by atoms with Crippen molar-refractivity contribution in [2.24, 2.45) is 0 Å². The van der Waals surface area contributed by atoms with Gasteiger partial charge in [-0.2, -0.15) is 0 Å². The van der Waals surface area contributed by atoms with Gasteiger partial charge in [0.05, 0.1) is 17.8 Å². The number of carbonyl (C=O) groups is 2. The zero-order chi connectivity index (χ0) is 16.4. The van der Waals surface area contributed by atoms with Gasteiger partial charge in [-0.3, -0.25) is 9.78 Å². The highest BCUT2D eigenvalue weighted by atomic mass is 32.1. The summed E-state index contributed by atoms with van der Waals surface area (Å²) < 4.78 is 0. The predicted octanol–water partition coefficient (Wildman–Crippen LogP) is 2.88. The molecule has 1 aromatic carbocycles. The molecule has 1 unspecified atom stereocenters. The molecule has 3 aromatic rings. The van der Waals surface area contributed by atoms with Gasteiger partial charge in [0, 0.05) is 17.1 Å². The van der Waals surface area contributed by atoms with E-state index < -0.39 is 5.97 Å². The van der Waals surface area contributed by atoms with E-state index in [-0.39, 0.29) is 16.8 Å². The van der Waals surface area contributed by atoms with Gasteiger partial charge in [0.2, 0.25) is 0 Å². The minimum atomic E-state index is -1.02. The third-order valence-electron chi connectivity index (χ3n) is 3.34. The molecule has 0 aliphatic heterocycles. The molecular weight excluding hydrogens is 314 g/mol. The maximum atomic E-state index is 12.5. The first kappa shape index (κ1) is 15.1. The fourth-order valence-electron chi connectivity index (χ4n) is 2.22. The number of nitrogens with zero attached hydrogens (tertiary/aromatic N) is 2. The Labute approximate surface area is 135 Å². The van der Waals surface area contributed by atoms with Gasteiger partial charge in [0.1, 0.15) is 9.88 Å². The number of hydrogen-bond donors (Lipinski definition) is 2. The summed E-state index contributed by atoms with van der Waals surface area (Å²) in [5.41, 5.74) is 1.27. The molecule has 0 saturated heterocycles. The van der Waals surface area contributed by atoms with Crippen molar-refractivity contribution >= 4 is 34.1 Å². The maximum Gasteiger partial charge on any atom is 0.347 e. The van der Waals surface area contributed by atoms with Gasteiger partial charge in [0.25, 0.3) is 5.91 Å². The topological polar surface area (TPSA) is 92.2 Å². The van der Waals surface area contributed by atoms with Crippen molar-refractivity contribution in [1.82, 2.24) is 15.3 Å². The summed E-state index contributed by atoms with van der Waals surface area (Å²) in [6.07, 6.45) is 2.97. The minimum absolute atomic E-state index is 0.149. The Bertz CT molecular complexity index is 886. The van der Waals surface area contributed by atoms with Crippen LogP contribution in [0.1, 0.15) is 38.0 Å². The number of pyridine rings is 1. The molecular formula is C16H13N3O3S. The van der Waals surface area contributed by atoms with Gasteiger partial charge >= 0.3 is 5.97 Å². The lowest BCUT2D eigenvalue weighted by Crippen LogP contribution is -2.26. The summed E-state index contributed by atoms with van der Waals surface area (Å²) in [7, 11) is 0. The number of carboxylic acids is 1. The van der Waals surface area contributed by atoms with E-state index in [0.717, 1.165) is 22.2 Å². The summed E-state index contributed by atoms with van der Waals surface area (Å²) in [6.45, 7) is 1.77. The zero-order valence-corrected chi connectivity index (χ0v) is 13.0. The molecule has 0 fully saturated rings. The molecule has 0 spiro atoms. The minimum Gasteiger partial charge on any atom is -0.477 e. The molecule has 3 rings (SSSR count). The van der Waals surface area contributed by atoms with Gasteiger partial charge in [-0.25, -0.2) is 9.78 Å². The molecule has 0 bridgehead atoms. The first-order chi connectivity index (χ1) is 11.1. The molecule has 0 aliphatic rings. The molecule has 0 saturated carbocycles. The number of carboxylic acid groups (broad SMARTS) is 1. The van der Waals surface area contributed by atoms with E-state index in [9.17, 15) is 9.59 Å². The number of carbonyl (C=O) groups excluding carboxylic acids is 1. The Morgan fingerprint density at radius 1 is 1.22 bits per heavy atom. The Balaban J connectivity index is 1.84. The van der Waals surface area contributed by atoms with Crippen LogP contribution in [0.15, 0.2) is 42.7 Å². The van der Waals surface area contributed by atoms with Crippen molar-refractivity contribution < 1.29 is 14.7 Å². The Hall–Kier alpha value is -2.80. The molecule has 6 nitrogen and oxygen atoms in total. The third kappa shape index (κ3) is 3.04. The molecule has 1 atom stereocenters. The fourth-order valence-corrected chi connectivity index (χ4v) is 2.98. The van der Waals surface area contributed by atoms with Gasteiger partial charge in [-0.1, -0.05) is 12.1 Å². The van der Waals surface area contributed by atoms with Crippen LogP contribution in [-0.4, -0.2) is 27.0 Å². The summed E-state index contributed by atoms with van der Waals surface area (Å²) in [5.74, 6) is -1.27.